The van der Waals surface area contributed by atoms with Gasteiger partial charge in [0.1, 0.15) is 5.75 Å². The van der Waals surface area contributed by atoms with Crippen LogP contribution in [0.2, 0.25) is 5.02 Å². The summed E-state index contributed by atoms with van der Waals surface area (Å²) in [6.45, 7) is 1.15. The fourth-order valence-corrected chi connectivity index (χ4v) is 3.74. The fourth-order valence-electron chi connectivity index (χ4n) is 2.17. The van der Waals surface area contributed by atoms with Crippen molar-refractivity contribution in [2.75, 3.05) is 18.8 Å². The van der Waals surface area contributed by atoms with Gasteiger partial charge in [-0.15, -0.1) is 0 Å². The summed E-state index contributed by atoms with van der Waals surface area (Å²) in [6.07, 6.45) is 1.76. The van der Waals surface area contributed by atoms with E-state index in [4.69, 9.17) is 16.7 Å². The van der Waals surface area contributed by atoms with E-state index in [1.54, 1.807) is 0 Å². The highest BCUT2D eigenvalue weighted by molar-refractivity contribution is 7.92. The minimum atomic E-state index is -3.83. The van der Waals surface area contributed by atoms with Crippen LogP contribution in [0.4, 0.5) is 0 Å². The molecule has 114 valence electrons. The number of hydrogen-bond donors (Lipinski definition) is 1. The fraction of sp³-hybridized carbons (Fsp3) is 0.385. The minimum Gasteiger partial charge on any atom is -0.478 e. The molecule has 0 aliphatic carbocycles. The summed E-state index contributed by atoms with van der Waals surface area (Å²) < 4.78 is 24.4. The third-order valence-electron chi connectivity index (χ3n) is 3.30. The lowest BCUT2D eigenvalue weighted by Gasteiger charge is -2.15. The predicted octanol–water partition coefficient (Wildman–Crippen LogP) is 1.43. The van der Waals surface area contributed by atoms with Crippen molar-refractivity contribution >= 4 is 33.3 Å². The molecule has 0 atom stereocenters. The van der Waals surface area contributed by atoms with Gasteiger partial charge in [0.15, 0.2) is 9.84 Å². The summed E-state index contributed by atoms with van der Waals surface area (Å²) >= 11 is 5.75. The molecular weight excluding hydrogens is 318 g/mol. The van der Waals surface area contributed by atoms with E-state index < -0.39 is 27.5 Å². The second-order valence-electron chi connectivity index (χ2n) is 4.79. The maximum atomic E-state index is 12.2. The monoisotopic (exact) mass is 331 g/mol. The van der Waals surface area contributed by atoms with E-state index in [1.165, 1.54) is 4.90 Å². The number of nitrogens with zero attached hydrogens (tertiary/aromatic N) is 1. The maximum Gasteiger partial charge on any atom is 0.337 e. The van der Waals surface area contributed by atoms with Gasteiger partial charge in [-0.25, -0.2) is 13.2 Å². The van der Waals surface area contributed by atoms with Gasteiger partial charge in [-0.1, -0.05) is 11.6 Å². The quantitative estimate of drug-likeness (QED) is 0.901. The van der Waals surface area contributed by atoms with Gasteiger partial charge in [-0.05, 0) is 31.0 Å². The Morgan fingerprint density at radius 3 is 2.38 bits per heavy atom. The molecule has 2 rings (SSSR count). The number of carboxylic acid groups (broad SMARTS) is 1. The van der Waals surface area contributed by atoms with Gasteiger partial charge in [-0.2, -0.15) is 0 Å². The molecule has 0 radical (unpaired) electrons. The van der Waals surface area contributed by atoms with E-state index in [9.17, 15) is 18.0 Å². The summed E-state index contributed by atoms with van der Waals surface area (Å²) in [4.78, 5) is 24.1. The molecule has 1 saturated heterocycles. The zero-order chi connectivity index (χ0) is 15.6. The van der Waals surface area contributed by atoms with Crippen LogP contribution in [0.5, 0.6) is 0 Å². The molecular formula is C13H14ClNO5S. The number of aromatic carboxylic acids is 1. The number of hydrogen-bond acceptors (Lipinski definition) is 4. The van der Waals surface area contributed by atoms with Crippen molar-refractivity contribution in [3.05, 3.63) is 28.8 Å². The molecule has 0 aromatic heterocycles. The van der Waals surface area contributed by atoms with Crippen LogP contribution < -0.4 is 0 Å². The minimum absolute atomic E-state index is 0.148. The summed E-state index contributed by atoms with van der Waals surface area (Å²) in [7, 11) is -3.83. The van der Waals surface area contributed by atoms with Crippen LogP contribution in [0, 0.1) is 0 Å². The van der Waals surface area contributed by atoms with Crippen molar-refractivity contribution in [2.45, 2.75) is 17.7 Å². The number of benzene rings is 1. The Kier molecular flexibility index (Phi) is 4.53. The molecule has 1 aromatic rings. The van der Waals surface area contributed by atoms with Gasteiger partial charge in [-0.3, -0.25) is 4.79 Å². The molecule has 1 heterocycles. The Bertz CT molecular complexity index is 680. The highest BCUT2D eigenvalue weighted by atomic mass is 35.5. The van der Waals surface area contributed by atoms with Gasteiger partial charge in [0.2, 0.25) is 5.91 Å². The van der Waals surface area contributed by atoms with Gasteiger partial charge in [0.25, 0.3) is 0 Å². The molecule has 6 nitrogen and oxygen atoms in total. The molecule has 1 amide bonds. The van der Waals surface area contributed by atoms with Crippen molar-refractivity contribution in [3.63, 3.8) is 0 Å². The topological polar surface area (TPSA) is 91.7 Å². The third kappa shape index (κ3) is 3.54. The van der Waals surface area contributed by atoms with Crippen molar-refractivity contribution in [2.24, 2.45) is 0 Å². The SMILES string of the molecule is O=C(O)c1ccc(S(=O)(=O)CC(=O)N2CCCC2)cc1Cl. The first-order chi connectivity index (χ1) is 9.81. The number of sulfone groups is 1. The van der Waals surface area contributed by atoms with Crippen LogP contribution in [0.3, 0.4) is 0 Å². The molecule has 0 spiro atoms. The lowest BCUT2D eigenvalue weighted by atomic mass is 10.2. The van der Waals surface area contributed by atoms with Crippen LogP contribution in [-0.4, -0.2) is 49.1 Å². The van der Waals surface area contributed by atoms with Crippen molar-refractivity contribution in [3.8, 4) is 0 Å². The molecule has 0 bridgehead atoms. The van der Waals surface area contributed by atoms with E-state index in [2.05, 4.69) is 0 Å². The number of carboxylic acids is 1. The lowest BCUT2D eigenvalue weighted by Crippen LogP contribution is -2.33. The molecule has 0 saturated carbocycles. The summed E-state index contributed by atoms with van der Waals surface area (Å²) in [5.74, 6) is -2.31. The van der Waals surface area contributed by atoms with Gasteiger partial charge >= 0.3 is 5.97 Å². The Hall–Kier alpha value is -1.60. The molecule has 8 heteroatoms. The average molecular weight is 332 g/mol. The zero-order valence-electron chi connectivity index (χ0n) is 11.1. The maximum absolute atomic E-state index is 12.2. The van der Waals surface area contributed by atoms with E-state index in [-0.39, 0.29) is 15.5 Å². The predicted molar refractivity (Wildman–Crippen MR) is 76.3 cm³/mol. The summed E-state index contributed by atoms with van der Waals surface area (Å²) in [5.41, 5.74) is -0.179. The van der Waals surface area contributed by atoms with Crippen LogP contribution in [0.15, 0.2) is 23.1 Å². The summed E-state index contributed by atoms with van der Waals surface area (Å²) in [6, 6.07) is 3.34. The van der Waals surface area contributed by atoms with Crippen LogP contribution in [0.1, 0.15) is 23.2 Å². The smallest absolute Gasteiger partial charge is 0.337 e. The molecule has 1 N–H and O–H groups in total. The number of halogens is 1. The second kappa shape index (κ2) is 6.03. The van der Waals surface area contributed by atoms with Crippen LogP contribution in [-0.2, 0) is 14.6 Å². The normalized spacial score (nSPS) is 15.2. The largest absolute Gasteiger partial charge is 0.478 e. The van der Waals surface area contributed by atoms with E-state index in [1.807, 2.05) is 0 Å². The molecule has 1 fully saturated rings. The van der Waals surface area contributed by atoms with Gasteiger partial charge < -0.3 is 10.0 Å². The summed E-state index contributed by atoms with van der Waals surface area (Å²) in [5, 5.41) is 8.68. The van der Waals surface area contributed by atoms with Crippen molar-refractivity contribution in [1.82, 2.24) is 4.90 Å². The van der Waals surface area contributed by atoms with Crippen LogP contribution >= 0.6 is 11.6 Å². The number of amides is 1. The van der Waals surface area contributed by atoms with Gasteiger partial charge in [0, 0.05) is 13.1 Å². The van der Waals surface area contributed by atoms with Crippen molar-refractivity contribution < 1.29 is 23.1 Å². The van der Waals surface area contributed by atoms with Crippen molar-refractivity contribution in [1.29, 1.82) is 0 Å². The molecule has 21 heavy (non-hydrogen) atoms. The number of likely N-dealkylation sites (tertiary alicyclic amines) is 1. The molecule has 1 aliphatic rings. The van der Waals surface area contributed by atoms with Gasteiger partial charge in [0.05, 0.1) is 15.5 Å². The molecule has 1 aliphatic heterocycles. The number of carbonyl (C=O) groups is 2. The number of carbonyl (C=O) groups excluding carboxylic acids is 1. The Labute approximate surface area is 127 Å². The standard InChI is InChI=1S/C13H14ClNO5S/c14-11-7-9(3-4-10(11)13(17)18)21(19,20)8-12(16)15-5-1-2-6-15/h3-4,7H,1-2,5-6,8H2,(H,17,18). The van der Waals surface area contributed by atoms with Crippen LogP contribution in [0.25, 0.3) is 0 Å². The number of rotatable bonds is 4. The molecule has 1 aromatic carbocycles. The van der Waals surface area contributed by atoms with E-state index >= 15 is 0 Å². The first-order valence-electron chi connectivity index (χ1n) is 6.34. The van der Waals surface area contributed by atoms with E-state index in [0.717, 1.165) is 31.0 Å². The highest BCUT2D eigenvalue weighted by Gasteiger charge is 2.26. The van der Waals surface area contributed by atoms with E-state index in [0.29, 0.717) is 13.1 Å². The Balaban J connectivity index is 2.21. The first-order valence-corrected chi connectivity index (χ1v) is 8.37. The zero-order valence-corrected chi connectivity index (χ0v) is 12.7. The third-order valence-corrected chi connectivity index (χ3v) is 5.21. The average Bonchev–Trinajstić information content (AvgIpc) is 2.91. The Morgan fingerprint density at radius 2 is 1.86 bits per heavy atom. The lowest BCUT2D eigenvalue weighted by molar-refractivity contribution is -0.127. The molecule has 0 unspecified atom stereocenters. The second-order valence-corrected chi connectivity index (χ2v) is 7.19. The first kappa shape index (κ1) is 15.8. The highest BCUT2D eigenvalue weighted by Crippen LogP contribution is 2.22. The Morgan fingerprint density at radius 1 is 1.24 bits per heavy atom.